The van der Waals surface area contributed by atoms with Crippen LogP contribution in [0.3, 0.4) is 0 Å². The third-order valence-corrected chi connectivity index (χ3v) is 3.30. The molecule has 0 aliphatic rings. The molecular formula is C9H4F6IN3. The van der Waals surface area contributed by atoms with E-state index in [2.05, 4.69) is 10.1 Å². The Morgan fingerprint density at radius 1 is 1.11 bits per heavy atom. The summed E-state index contributed by atoms with van der Waals surface area (Å²) >= 11 is 1.30. The van der Waals surface area contributed by atoms with Crippen LogP contribution >= 0.6 is 22.6 Å². The smallest absolute Gasteiger partial charge is 0.206 e. The molecule has 2 heterocycles. The Bertz CT molecular complexity index is 642. The Labute approximate surface area is 115 Å². The van der Waals surface area contributed by atoms with E-state index >= 15 is 0 Å². The lowest BCUT2D eigenvalue weighted by atomic mass is 10.1. The number of nitrogens with zero attached hydrogens (tertiary/aromatic N) is 3. The maximum Gasteiger partial charge on any atom is 0.453 e. The van der Waals surface area contributed by atoms with Crippen LogP contribution in [-0.2, 0) is 12.4 Å². The number of rotatable bonds is 0. The Kier molecular flexibility index (Phi) is 3.18. The van der Waals surface area contributed by atoms with Crippen molar-refractivity contribution in [2.24, 2.45) is 0 Å². The topological polar surface area (TPSA) is 30.2 Å². The van der Waals surface area contributed by atoms with Crippen molar-refractivity contribution in [3.05, 3.63) is 26.7 Å². The predicted octanol–water partition coefficient (Wildman–Crippen LogP) is 3.68. The second-order valence-electron chi connectivity index (χ2n) is 3.69. The summed E-state index contributed by atoms with van der Waals surface area (Å²) in [6.45, 7) is 1.16. The molecule has 0 spiro atoms. The molecule has 0 amide bonds. The number of fused-ring (bicyclic) bond motifs is 1. The second-order valence-corrected chi connectivity index (χ2v) is 4.72. The highest BCUT2D eigenvalue weighted by molar-refractivity contribution is 14.1. The van der Waals surface area contributed by atoms with Crippen molar-refractivity contribution in [1.29, 1.82) is 0 Å². The van der Waals surface area contributed by atoms with Gasteiger partial charge in [0.05, 0.1) is 5.56 Å². The number of hydrogen-bond donors (Lipinski definition) is 0. The lowest BCUT2D eigenvalue weighted by molar-refractivity contribution is -0.144. The minimum Gasteiger partial charge on any atom is -0.206 e. The quantitative estimate of drug-likeness (QED) is 0.387. The molecule has 104 valence electrons. The highest BCUT2D eigenvalue weighted by Crippen LogP contribution is 2.36. The molecule has 2 aromatic heterocycles. The first kappa shape index (κ1) is 14.3. The van der Waals surface area contributed by atoms with Crippen LogP contribution in [0.5, 0.6) is 0 Å². The van der Waals surface area contributed by atoms with Crippen LogP contribution in [0.2, 0.25) is 0 Å². The third kappa shape index (κ3) is 2.49. The average Bonchev–Trinajstić information content (AvgIpc) is 2.58. The van der Waals surface area contributed by atoms with Gasteiger partial charge in [-0.1, -0.05) is 0 Å². The van der Waals surface area contributed by atoms with Crippen molar-refractivity contribution in [2.45, 2.75) is 19.3 Å². The molecule has 3 nitrogen and oxygen atoms in total. The molecule has 0 fully saturated rings. The molecule has 0 atom stereocenters. The van der Waals surface area contributed by atoms with Gasteiger partial charge in [-0.2, -0.15) is 26.3 Å². The third-order valence-electron chi connectivity index (χ3n) is 2.30. The fraction of sp³-hybridized carbons (Fsp3) is 0.333. The molecule has 0 aromatic carbocycles. The van der Waals surface area contributed by atoms with Crippen molar-refractivity contribution in [3.63, 3.8) is 0 Å². The molecule has 2 rings (SSSR count). The van der Waals surface area contributed by atoms with E-state index in [9.17, 15) is 26.3 Å². The minimum atomic E-state index is -4.80. The van der Waals surface area contributed by atoms with Gasteiger partial charge in [0.25, 0.3) is 5.82 Å². The lowest BCUT2D eigenvalue weighted by Crippen LogP contribution is -2.14. The molecule has 19 heavy (non-hydrogen) atoms. The Hall–Kier alpha value is -1.07. The van der Waals surface area contributed by atoms with Crippen LogP contribution in [0.4, 0.5) is 26.3 Å². The molecule has 0 bridgehead atoms. The summed E-state index contributed by atoms with van der Waals surface area (Å²) in [5.41, 5.74) is -1.49. The van der Waals surface area contributed by atoms with Crippen LogP contribution in [0.15, 0.2) is 6.07 Å². The molecule has 0 aliphatic heterocycles. The highest BCUT2D eigenvalue weighted by atomic mass is 127. The maximum atomic E-state index is 12.8. The highest BCUT2D eigenvalue weighted by Gasteiger charge is 2.39. The predicted molar refractivity (Wildman–Crippen MR) is 60.4 cm³/mol. The fourth-order valence-corrected chi connectivity index (χ4v) is 2.64. The molecule has 2 aromatic rings. The van der Waals surface area contributed by atoms with Crippen LogP contribution in [0, 0.1) is 10.6 Å². The number of aryl methyl sites for hydroxylation is 1. The summed E-state index contributed by atoms with van der Waals surface area (Å²) < 4.78 is 75.7. The fourth-order valence-electron chi connectivity index (χ4n) is 1.56. The Morgan fingerprint density at radius 2 is 1.68 bits per heavy atom. The number of hydrogen-bond acceptors (Lipinski definition) is 2. The summed E-state index contributed by atoms with van der Waals surface area (Å²) in [6, 6.07) is 0.924. The SMILES string of the molecule is Cc1cc2nc(C(F)(F)F)nn2c(I)c1C(F)(F)F. The zero-order valence-corrected chi connectivity index (χ0v) is 11.2. The number of alkyl halides is 6. The van der Waals surface area contributed by atoms with E-state index in [0.717, 1.165) is 13.0 Å². The van der Waals surface area contributed by atoms with E-state index in [1.54, 1.807) is 0 Å². The maximum absolute atomic E-state index is 12.8. The van der Waals surface area contributed by atoms with Crippen LogP contribution in [0.1, 0.15) is 17.0 Å². The Balaban J connectivity index is 2.78. The number of pyridine rings is 1. The molecule has 0 saturated carbocycles. The van der Waals surface area contributed by atoms with Gasteiger partial charge in [0.2, 0.25) is 0 Å². The molecule has 0 aliphatic carbocycles. The van der Waals surface area contributed by atoms with E-state index in [-0.39, 0.29) is 11.2 Å². The van der Waals surface area contributed by atoms with Crippen molar-refractivity contribution < 1.29 is 26.3 Å². The summed E-state index contributed by atoms with van der Waals surface area (Å²) in [5.74, 6) is -1.47. The van der Waals surface area contributed by atoms with Gasteiger partial charge in [0.1, 0.15) is 3.70 Å². The van der Waals surface area contributed by atoms with Gasteiger partial charge < -0.3 is 0 Å². The molecule has 10 heteroatoms. The number of halogens is 7. The minimum absolute atomic E-state index is 0.203. The first-order valence-corrected chi connectivity index (χ1v) is 5.80. The lowest BCUT2D eigenvalue weighted by Gasteiger charge is -2.12. The molecule has 0 N–H and O–H groups in total. The normalized spacial score (nSPS) is 13.3. The molecule has 0 saturated heterocycles. The average molecular weight is 395 g/mol. The van der Waals surface area contributed by atoms with Crippen molar-refractivity contribution in [2.75, 3.05) is 0 Å². The van der Waals surface area contributed by atoms with Crippen LogP contribution in [-0.4, -0.2) is 14.6 Å². The summed E-state index contributed by atoms with van der Waals surface area (Å²) in [4.78, 5) is 3.18. The van der Waals surface area contributed by atoms with E-state index in [4.69, 9.17) is 0 Å². The summed E-state index contributed by atoms with van der Waals surface area (Å²) in [5, 5.41) is 3.07. The van der Waals surface area contributed by atoms with Crippen molar-refractivity contribution in [1.82, 2.24) is 14.6 Å². The van der Waals surface area contributed by atoms with Gasteiger partial charge in [0, 0.05) is 0 Å². The van der Waals surface area contributed by atoms with Crippen LogP contribution < -0.4 is 0 Å². The van der Waals surface area contributed by atoms with Gasteiger partial charge in [-0.25, -0.2) is 9.50 Å². The summed E-state index contributed by atoms with van der Waals surface area (Å²) in [7, 11) is 0. The first-order chi connectivity index (χ1) is 8.51. The van der Waals surface area contributed by atoms with Crippen LogP contribution in [0.25, 0.3) is 5.65 Å². The van der Waals surface area contributed by atoms with E-state index in [1.807, 2.05) is 0 Å². The van der Waals surface area contributed by atoms with E-state index in [1.165, 1.54) is 22.6 Å². The van der Waals surface area contributed by atoms with Gasteiger partial charge >= 0.3 is 12.4 Å². The zero-order chi connectivity index (χ0) is 14.6. The second kappa shape index (κ2) is 4.21. The Morgan fingerprint density at radius 3 is 2.16 bits per heavy atom. The zero-order valence-electron chi connectivity index (χ0n) is 9.06. The van der Waals surface area contributed by atoms with Gasteiger partial charge in [-0.3, -0.25) is 0 Å². The molecule has 0 unspecified atom stereocenters. The number of aromatic nitrogens is 3. The largest absolute Gasteiger partial charge is 0.453 e. The van der Waals surface area contributed by atoms with Gasteiger partial charge in [0.15, 0.2) is 5.65 Å². The van der Waals surface area contributed by atoms with E-state index in [0.29, 0.717) is 4.52 Å². The van der Waals surface area contributed by atoms with Gasteiger partial charge in [-0.05, 0) is 41.1 Å². The van der Waals surface area contributed by atoms with Crippen molar-refractivity contribution >= 4 is 28.2 Å². The summed E-state index contributed by atoms with van der Waals surface area (Å²) in [6.07, 6.45) is -9.47. The standard InChI is InChI=1S/C9H4F6IN3/c1-3-2-4-17-7(9(13,14)15)18-19(4)6(16)5(3)8(10,11)12/h2H,1H3. The van der Waals surface area contributed by atoms with E-state index < -0.39 is 27.4 Å². The monoisotopic (exact) mass is 395 g/mol. The molecule has 0 radical (unpaired) electrons. The first-order valence-electron chi connectivity index (χ1n) is 4.72. The van der Waals surface area contributed by atoms with Crippen molar-refractivity contribution in [3.8, 4) is 0 Å². The van der Waals surface area contributed by atoms with Gasteiger partial charge in [-0.15, -0.1) is 5.10 Å². The molecular weight excluding hydrogens is 391 g/mol.